The van der Waals surface area contributed by atoms with Crippen LogP contribution in [0.25, 0.3) is 0 Å². The number of rotatable bonds is 5. The van der Waals surface area contributed by atoms with Gasteiger partial charge in [-0.25, -0.2) is 8.42 Å². The summed E-state index contributed by atoms with van der Waals surface area (Å²) < 4.78 is 108. The number of anilines is 1. The van der Waals surface area contributed by atoms with Gasteiger partial charge in [0.1, 0.15) is 11.5 Å². The second-order valence-electron chi connectivity index (χ2n) is 6.59. The quantitative estimate of drug-likeness (QED) is 0.490. The predicted molar refractivity (Wildman–Crippen MR) is 100 cm³/mol. The molecule has 0 saturated carbocycles. The Morgan fingerprint density at radius 2 is 1.41 bits per heavy atom. The van der Waals surface area contributed by atoms with Crippen molar-refractivity contribution in [3.8, 4) is 0 Å². The zero-order valence-electron chi connectivity index (χ0n) is 15.8. The third kappa shape index (κ3) is 5.49. The SMILES string of the molecule is O=C(Nc1cc(C(F)(F)F)cc(C(F)(F)F)c1)c1ccc(CS(=O)(=O)c2ccccc2)o1. The summed E-state index contributed by atoms with van der Waals surface area (Å²) in [7, 11) is -3.80. The van der Waals surface area contributed by atoms with E-state index in [4.69, 9.17) is 4.42 Å². The molecule has 0 unspecified atom stereocenters. The van der Waals surface area contributed by atoms with Gasteiger partial charge < -0.3 is 9.73 Å². The van der Waals surface area contributed by atoms with E-state index in [9.17, 15) is 39.6 Å². The number of furan rings is 1. The van der Waals surface area contributed by atoms with Crippen LogP contribution in [-0.4, -0.2) is 14.3 Å². The Balaban J connectivity index is 1.82. The first kappa shape index (κ1) is 23.4. The maximum atomic E-state index is 12.9. The van der Waals surface area contributed by atoms with Gasteiger partial charge in [0.15, 0.2) is 15.6 Å². The lowest BCUT2D eigenvalue weighted by Crippen LogP contribution is -2.15. The summed E-state index contributed by atoms with van der Waals surface area (Å²) in [5.41, 5.74) is -3.96. The number of halogens is 6. The van der Waals surface area contributed by atoms with Crippen LogP contribution in [-0.2, 0) is 27.9 Å². The van der Waals surface area contributed by atoms with Crippen molar-refractivity contribution in [3.63, 3.8) is 0 Å². The molecule has 3 rings (SSSR count). The van der Waals surface area contributed by atoms with Gasteiger partial charge in [-0.1, -0.05) is 18.2 Å². The van der Waals surface area contributed by atoms with Crippen LogP contribution in [0, 0.1) is 0 Å². The molecule has 170 valence electrons. The van der Waals surface area contributed by atoms with E-state index in [1.807, 2.05) is 5.32 Å². The lowest BCUT2D eigenvalue weighted by atomic mass is 10.1. The largest absolute Gasteiger partial charge is 0.455 e. The highest BCUT2D eigenvalue weighted by Crippen LogP contribution is 2.37. The van der Waals surface area contributed by atoms with Crippen LogP contribution in [0.2, 0.25) is 0 Å². The lowest BCUT2D eigenvalue weighted by Gasteiger charge is -2.14. The fourth-order valence-electron chi connectivity index (χ4n) is 2.70. The van der Waals surface area contributed by atoms with E-state index in [0.717, 1.165) is 6.07 Å². The zero-order chi connectivity index (χ0) is 23.7. The minimum atomic E-state index is -5.08. The van der Waals surface area contributed by atoms with Gasteiger partial charge in [0.2, 0.25) is 0 Å². The van der Waals surface area contributed by atoms with Crippen molar-refractivity contribution < 1.29 is 44.0 Å². The zero-order valence-corrected chi connectivity index (χ0v) is 16.6. The molecule has 32 heavy (non-hydrogen) atoms. The van der Waals surface area contributed by atoms with E-state index >= 15 is 0 Å². The summed E-state index contributed by atoms with van der Waals surface area (Å²) in [6.45, 7) is 0. The first-order chi connectivity index (χ1) is 14.8. The highest BCUT2D eigenvalue weighted by Gasteiger charge is 2.37. The van der Waals surface area contributed by atoms with Crippen molar-refractivity contribution in [2.45, 2.75) is 23.0 Å². The van der Waals surface area contributed by atoms with Gasteiger partial charge in [-0.2, -0.15) is 26.3 Å². The monoisotopic (exact) mass is 477 g/mol. The molecule has 1 amide bonds. The van der Waals surface area contributed by atoms with Gasteiger partial charge in [0.05, 0.1) is 16.0 Å². The number of amides is 1. The number of alkyl halides is 6. The topological polar surface area (TPSA) is 76.4 Å². The Kier molecular flexibility index (Phi) is 6.09. The van der Waals surface area contributed by atoms with Gasteiger partial charge in [-0.15, -0.1) is 0 Å². The van der Waals surface area contributed by atoms with Crippen molar-refractivity contribution >= 4 is 21.4 Å². The fraction of sp³-hybridized carbons (Fsp3) is 0.150. The van der Waals surface area contributed by atoms with Gasteiger partial charge in [-0.3, -0.25) is 4.79 Å². The van der Waals surface area contributed by atoms with E-state index in [1.165, 1.54) is 30.3 Å². The molecule has 2 aromatic carbocycles. The van der Waals surface area contributed by atoms with Crippen molar-refractivity contribution in [2.24, 2.45) is 0 Å². The minimum absolute atomic E-state index is 0.00560. The summed E-state index contributed by atoms with van der Waals surface area (Å²) in [5, 5.41) is 1.91. The molecular weight excluding hydrogens is 464 g/mol. The number of hydrogen-bond donors (Lipinski definition) is 1. The van der Waals surface area contributed by atoms with Crippen LogP contribution in [0.4, 0.5) is 32.0 Å². The van der Waals surface area contributed by atoms with Crippen LogP contribution in [0.5, 0.6) is 0 Å². The first-order valence-corrected chi connectivity index (χ1v) is 10.4. The lowest BCUT2D eigenvalue weighted by molar-refractivity contribution is -0.143. The van der Waals surface area contributed by atoms with E-state index in [2.05, 4.69) is 0 Å². The predicted octanol–water partition coefficient (Wildman–Crippen LogP) is 5.54. The van der Waals surface area contributed by atoms with Gasteiger partial charge in [-0.05, 0) is 42.5 Å². The summed E-state index contributed by atoms with van der Waals surface area (Å²) in [4.78, 5) is 12.3. The van der Waals surface area contributed by atoms with E-state index in [0.29, 0.717) is 12.1 Å². The Hall–Kier alpha value is -3.28. The summed E-state index contributed by atoms with van der Waals surface area (Å²) in [5.74, 6) is -2.39. The number of nitrogens with one attached hydrogen (secondary N) is 1. The molecule has 1 aromatic heterocycles. The average molecular weight is 477 g/mol. The molecule has 0 bridgehead atoms. The molecule has 3 aromatic rings. The van der Waals surface area contributed by atoms with Gasteiger partial charge in [0.25, 0.3) is 5.91 Å². The van der Waals surface area contributed by atoms with Gasteiger partial charge >= 0.3 is 12.4 Å². The molecule has 0 fully saturated rings. The Labute approximate surface area is 177 Å². The molecule has 5 nitrogen and oxygen atoms in total. The Morgan fingerprint density at radius 1 is 0.844 bits per heavy atom. The molecule has 0 atom stereocenters. The molecular formula is C20H13F6NO4S. The molecule has 0 radical (unpaired) electrons. The van der Waals surface area contributed by atoms with Crippen LogP contribution >= 0.6 is 0 Å². The smallest absolute Gasteiger partial charge is 0.416 e. The maximum Gasteiger partial charge on any atom is 0.416 e. The minimum Gasteiger partial charge on any atom is -0.455 e. The molecule has 0 spiro atoms. The number of carbonyl (C=O) groups is 1. The molecule has 1 heterocycles. The summed E-state index contributed by atoms with van der Waals surface area (Å²) >= 11 is 0. The van der Waals surface area contributed by atoms with Crippen molar-refractivity contribution in [1.82, 2.24) is 0 Å². The van der Waals surface area contributed by atoms with E-state index in [1.54, 1.807) is 6.07 Å². The summed E-state index contributed by atoms with van der Waals surface area (Å²) in [6, 6.07) is 10.2. The standard InChI is InChI=1S/C20H13F6NO4S/c21-19(22,23)12-8-13(20(24,25)26)10-14(9-12)27-18(28)17-7-6-15(31-17)11-32(29,30)16-4-2-1-3-5-16/h1-10H,11H2,(H,27,28). The highest BCUT2D eigenvalue weighted by atomic mass is 32.2. The van der Waals surface area contributed by atoms with Crippen LogP contribution in [0.15, 0.2) is 70.0 Å². The van der Waals surface area contributed by atoms with Crippen molar-refractivity contribution in [3.05, 3.63) is 83.3 Å². The molecule has 1 N–H and O–H groups in total. The fourth-order valence-corrected chi connectivity index (χ4v) is 3.96. The second-order valence-corrected chi connectivity index (χ2v) is 8.58. The maximum absolute atomic E-state index is 12.9. The molecule has 0 aliphatic heterocycles. The second kappa shape index (κ2) is 8.34. The molecule has 12 heteroatoms. The normalized spacial score (nSPS) is 12.6. The van der Waals surface area contributed by atoms with Crippen LogP contribution < -0.4 is 5.32 Å². The van der Waals surface area contributed by atoms with E-state index < -0.39 is 56.4 Å². The Morgan fingerprint density at radius 3 is 1.94 bits per heavy atom. The molecule has 0 aliphatic carbocycles. The summed E-state index contributed by atoms with van der Waals surface area (Å²) in [6.07, 6.45) is -10.2. The average Bonchev–Trinajstić information content (AvgIpc) is 3.15. The first-order valence-electron chi connectivity index (χ1n) is 8.73. The number of hydrogen-bond acceptors (Lipinski definition) is 4. The van der Waals surface area contributed by atoms with Crippen LogP contribution in [0.1, 0.15) is 27.4 Å². The Bertz CT molecular complexity index is 1200. The molecule has 0 saturated heterocycles. The number of carbonyl (C=O) groups excluding carboxylic acids is 1. The van der Waals surface area contributed by atoms with Crippen molar-refractivity contribution in [1.29, 1.82) is 0 Å². The van der Waals surface area contributed by atoms with Crippen LogP contribution in [0.3, 0.4) is 0 Å². The molecule has 0 aliphatic rings. The van der Waals surface area contributed by atoms with Gasteiger partial charge in [0, 0.05) is 5.69 Å². The third-order valence-electron chi connectivity index (χ3n) is 4.17. The number of benzene rings is 2. The van der Waals surface area contributed by atoms with E-state index in [-0.39, 0.29) is 16.7 Å². The number of sulfone groups is 1. The van der Waals surface area contributed by atoms with Crippen molar-refractivity contribution in [2.75, 3.05) is 5.32 Å². The third-order valence-corrected chi connectivity index (χ3v) is 5.82. The highest BCUT2D eigenvalue weighted by molar-refractivity contribution is 7.90.